The van der Waals surface area contributed by atoms with Crippen LogP contribution >= 0.6 is 35.0 Å². The van der Waals surface area contributed by atoms with E-state index in [4.69, 9.17) is 23.2 Å². The summed E-state index contributed by atoms with van der Waals surface area (Å²) in [4.78, 5) is 27.8. The molecule has 2 aromatic rings. The summed E-state index contributed by atoms with van der Waals surface area (Å²) >= 11 is 13.8. The van der Waals surface area contributed by atoms with Crippen LogP contribution in [-0.2, 0) is 21.9 Å². The topological polar surface area (TPSA) is 49.4 Å². The number of thioether (sulfide) groups is 1. The van der Waals surface area contributed by atoms with Gasteiger partial charge in [0.15, 0.2) is 0 Å². The Bertz CT molecular complexity index is 864. The smallest absolute Gasteiger partial charge is 0.243 e. The number of hydrogen-bond acceptors (Lipinski definition) is 3. The van der Waals surface area contributed by atoms with E-state index in [0.717, 1.165) is 23.3 Å². The van der Waals surface area contributed by atoms with Gasteiger partial charge in [-0.25, -0.2) is 0 Å². The number of halogens is 2. The Labute approximate surface area is 199 Å². The van der Waals surface area contributed by atoms with Gasteiger partial charge < -0.3 is 10.2 Å². The molecule has 0 fully saturated rings. The third-order valence-electron chi connectivity index (χ3n) is 5.06. The molecule has 0 aromatic heterocycles. The third-order valence-corrected chi connectivity index (χ3v) is 6.79. The lowest BCUT2D eigenvalue weighted by Gasteiger charge is -2.31. The van der Waals surface area contributed by atoms with Crippen molar-refractivity contribution in [1.29, 1.82) is 0 Å². The highest BCUT2D eigenvalue weighted by Gasteiger charge is 2.29. The van der Waals surface area contributed by atoms with Crippen molar-refractivity contribution in [2.24, 2.45) is 0 Å². The molecule has 0 bridgehead atoms. The predicted molar refractivity (Wildman–Crippen MR) is 132 cm³/mol. The fraction of sp³-hybridized carbons (Fsp3) is 0.417. The van der Waals surface area contributed by atoms with E-state index < -0.39 is 6.04 Å². The van der Waals surface area contributed by atoms with Gasteiger partial charge in [0.2, 0.25) is 11.8 Å². The minimum atomic E-state index is -0.548. The second-order valence-electron chi connectivity index (χ2n) is 7.49. The van der Waals surface area contributed by atoms with Gasteiger partial charge in [0.1, 0.15) is 6.04 Å². The summed E-state index contributed by atoms with van der Waals surface area (Å²) in [5.74, 6) is 0.836. The molecule has 0 saturated carbocycles. The van der Waals surface area contributed by atoms with Crippen LogP contribution in [0.15, 0.2) is 48.5 Å². The van der Waals surface area contributed by atoms with Gasteiger partial charge in [0.05, 0.1) is 15.8 Å². The number of hydrogen-bond donors (Lipinski definition) is 1. The van der Waals surface area contributed by atoms with E-state index in [2.05, 4.69) is 5.32 Å². The fourth-order valence-electron chi connectivity index (χ4n) is 3.11. The zero-order valence-electron chi connectivity index (χ0n) is 18.2. The molecule has 2 aromatic carbocycles. The van der Waals surface area contributed by atoms with Crippen LogP contribution in [0.3, 0.4) is 0 Å². The van der Waals surface area contributed by atoms with Crippen LogP contribution in [0.25, 0.3) is 0 Å². The molecule has 0 unspecified atom stereocenters. The first-order chi connectivity index (χ1) is 14.8. The summed E-state index contributed by atoms with van der Waals surface area (Å²) in [7, 11) is 0. The molecule has 0 radical (unpaired) electrons. The van der Waals surface area contributed by atoms with Crippen LogP contribution in [-0.4, -0.2) is 34.6 Å². The average molecular weight is 481 g/mol. The van der Waals surface area contributed by atoms with Gasteiger partial charge in [-0.3, -0.25) is 9.59 Å². The normalized spacial score (nSPS) is 12.8. The van der Waals surface area contributed by atoms with Gasteiger partial charge in [-0.05, 0) is 43.0 Å². The van der Waals surface area contributed by atoms with E-state index in [1.165, 1.54) is 0 Å². The van der Waals surface area contributed by atoms with Gasteiger partial charge in [-0.15, -0.1) is 11.8 Å². The Morgan fingerprint density at radius 3 is 2.32 bits per heavy atom. The second kappa shape index (κ2) is 13.0. The van der Waals surface area contributed by atoms with E-state index >= 15 is 0 Å². The molecule has 2 rings (SSSR count). The highest BCUT2D eigenvalue weighted by atomic mass is 35.5. The first-order valence-electron chi connectivity index (χ1n) is 10.5. The Hall–Kier alpha value is -1.69. The third kappa shape index (κ3) is 8.06. The molecule has 0 aliphatic heterocycles. The zero-order chi connectivity index (χ0) is 22.8. The van der Waals surface area contributed by atoms with Crippen LogP contribution < -0.4 is 5.32 Å². The molecule has 0 heterocycles. The first kappa shape index (κ1) is 25.6. The van der Waals surface area contributed by atoms with Gasteiger partial charge in [0.25, 0.3) is 0 Å². The molecular formula is C24H30Cl2N2O2S. The molecule has 2 atom stereocenters. The average Bonchev–Trinajstić information content (AvgIpc) is 2.76. The molecule has 4 nitrogen and oxygen atoms in total. The van der Waals surface area contributed by atoms with E-state index in [1.807, 2.05) is 57.2 Å². The quantitative estimate of drug-likeness (QED) is 0.432. The van der Waals surface area contributed by atoms with Crippen molar-refractivity contribution in [2.45, 2.75) is 58.0 Å². The highest BCUT2D eigenvalue weighted by Crippen LogP contribution is 2.24. The van der Waals surface area contributed by atoms with E-state index in [9.17, 15) is 9.59 Å². The number of amides is 2. The summed E-state index contributed by atoms with van der Waals surface area (Å²) in [5.41, 5.74) is 2.00. The van der Waals surface area contributed by atoms with Crippen molar-refractivity contribution in [3.8, 4) is 0 Å². The number of benzene rings is 2. The van der Waals surface area contributed by atoms with E-state index in [0.29, 0.717) is 28.8 Å². The van der Waals surface area contributed by atoms with Crippen LogP contribution in [0.1, 0.15) is 44.7 Å². The number of rotatable bonds is 11. The van der Waals surface area contributed by atoms with Crippen molar-refractivity contribution < 1.29 is 9.59 Å². The number of nitrogens with one attached hydrogen (secondary N) is 1. The van der Waals surface area contributed by atoms with Crippen molar-refractivity contribution >= 4 is 46.8 Å². The molecule has 31 heavy (non-hydrogen) atoms. The second-order valence-corrected chi connectivity index (χ2v) is 9.29. The Balaban J connectivity index is 2.17. The maximum Gasteiger partial charge on any atom is 0.243 e. The van der Waals surface area contributed by atoms with Gasteiger partial charge in [-0.1, -0.05) is 73.4 Å². The van der Waals surface area contributed by atoms with E-state index in [1.54, 1.807) is 28.8 Å². The first-order valence-corrected chi connectivity index (χ1v) is 12.4. The van der Waals surface area contributed by atoms with Crippen LogP contribution in [0, 0.1) is 0 Å². The largest absolute Gasteiger partial charge is 0.352 e. The number of carbonyl (C=O) groups excluding carboxylic acids is 2. The maximum absolute atomic E-state index is 13.2. The lowest BCUT2D eigenvalue weighted by atomic mass is 10.1. The number of nitrogens with zero attached hydrogens (tertiary/aromatic N) is 1. The molecule has 0 aliphatic rings. The molecule has 0 spiro atoms. The van der Waals surface area contributed by atoms with Crippen molar-refractivity contribution in [3.63, 3.8) is 0 Å². The summed E-state index contributed by atoms with van der Waals surface area (Å²) in [6.07, 6.45) is 1.36. The molecule has 1 N–H and O–H groups in total. The standard InChI is InChI=1S/C24H30Cl2N2O2S/c1-4-17(3)27-24(30)22(5-2)28(14-19-11-12-20(25)21(26)13-19)23(29)16-31-15-18-9-7-6-8-10-18/h6-13,17,22H,4-5,14-16H2,1-3H3,(H,27,30)/t17-,22+/m1/s1. The van der Waals surface area contributed by atoms with E-state index in [-0.39, 0.29) is 17.9 Å². The lowest BCUT2D eigenvalue weighted by Crippen LogP contribution is -2.51. The fourth-order valence-corrected chi connectivity index (χ4v) is 4.30. The Kier molecular flexibility index (Phi) is 10.7. The van der Waals surface area contributed by atoms with Crippen molar-refractivity contribution in [3.05, 3.63) is 69.7 Å². The molecular weight excluding hydrogens is 451 g/mol. The molecule has 168 valence electrons. The Morgan fingerprint density at radius 1 is 1.00 bits per heavy atom. The highest BCUT2D eigenvalue weighted by molar-refractivity contribution is 7.99. The predicted octanol–water partition coefficient (Wildman–Crippen LogP) is 5.95. The van der Waals surface area contributed by atoms with Crippen LogP contribution in [0.5, 0.6) is 0 Å². The summed E-state index contributed by atoms with van der Waals surface area (Å²) < 4.78 is 0. The molecule has 7 heteroatoms. The SMILES string of the molecule is CC[C@@H](C)NC(=O)[C@H](CC)N(Cc1ccc(Cl)c(Cl)c1)C(=O)CSCc1ccccc1. The van der Waals surface area contributed by atoms with Gasteiger partial charge >= 0.3 is 0 Å². The van der Waals surface area contributed by atoms with Crippen LogP contribution in [0.4, 0.5) is 0 Å². The monoisotopic (exact) mass is 480 g/mol. The molecule has 0 aliphatic carbocycles. The Morgan fingerprint density at radius 2 is 1.71 bits per heavy atom. The van der Waals surface area contributed by atoms with Crippen molar-refractivity contribution in [2.75, 3.05) is 5.75 Å². The van der Waals surface area contributed by atoms with Gasteiger partial charge in [-0.2, -0.15) is 0 Å². The number of carbonyl (C=O) groups is 2. The minimum absolute atomic E-state index is 0.0518. The van der Waals surface area contributed by atoms with Crippen LogP contribution in [0.2, 0.25) is 10.0 Å². The van der Waals surface area contributed by atoms with Crippen molar-refractivity contribution in [1.82, 2.24) is 10.2 Å². The summed E-state index contributed by atoms with van der Waals surface area (Å²) in [6.45, 7) is 6.21. The summed E-state index contributed by atoms with van der Waals surface area (Å²) in [5, 5.41) is 3.91. The lowest BCUT2D eigenvalue weighted by molar-refractivity contribution is -0.139. The molecule has 0 saturated heterocycles. The summed E-state index contributed by atoms with van der Waals surface area (Å²) in [6, 6.07) is 14.8. The molecule has 2 amide bonds. The maximum atomic E-state index is 13.2. The minimum Gasteiger partial charge on any atom is -0.352 e. The van der Waals surface area contributed by atoms with Gasteiger partial charge in [0, 0.05) is 18.3 Å². The zero-order valence-corrected chi connectivity index (χ0v) is 20.6.